The van der Waals surface area contributed by atoms with Crippen LogP contribution in [0.4, 0.5) is 5.82 Å². The Morgan fingerprint density at radius 1 is 1.28 bits per heavy atom. The molecule has 0 amide bonds. The minimum absolute atomic E-state index is 0.0258. The number of ketones is 1. The average molecular weight is 399 g/mol. The molecule has 1 atom stereocenters. The van der Waals surface area contributed by atoms with E-state index in [1.54, 1.807) is 12.4 Å². The molecule has 1 unspecified atom stereocenters. The fourth-order valence-corrected chi connectivity index (χ4v) is 3.86. The molecule has 0 bridgehead atoms. The van der Waals surface area contributed by atoms with Gasteiger partial charge in [-0.05, 0) is 46.0 Å². The standard InChI is InChI=1S/C19H19BrN4O/c1-19(2)7-15-17(16(25)8-19)13(14-10-22-24-18(14)23-15)6-5-12-4-3-11(20)9-21-12/h3-6,9-10,13H,7-8H2,1-2H3,(H2,22,23,24)/b6-5+. The second kappa shape index (κ2) is 5.95. The molecule has 128 valence electrons. The lowest BCUT2D eigenvalue weighted by atomic mass is 9.71. The van der Waals surface area contributed by atoms with Crippen molar-refractivity contribution in [1.82, 2.24) is 15.2 Å². The number of rotatable bonds is 2. The van der Waals surface area contributed by atoms with Crippen LogP contribution in [-0.2, 0) is 4.79 Å². The second-order valence-electron chi connectivity index (χ2n) is 7.40. The highest BCUT2D eigenvalue weighted by atomic mass is 79.9. The zero-order chi connectivity index (χ0) is 17.6. The largest absolute Gasteiger partial charge is 0.343 e. The summed E-state index contributed by atoms with van der Waals surface area (Å²) in [6.07, 6.45) is 9.01. The van der Waals surface area contributed by atoms with Crippen molar-refractivity contribution in [2.75, 3.05) is 5.32 Å². The zero-order valence-electron chi connectivity index (χ0n) is 14.1. The van der Waals surface area contributed by atoms with Crippen LogP contribution in [0.25, 0.3) is 6.08 Å². The number of nitrogens with zero attached hydrogens (tertiary/aromatic N) is 2. The minimum atomic E-state index is -0.0981. The number of nitrogens with one attached hydrogen (secondary N) is 2. The van der Waals surface area contributed by atoms with Crippen molar-refractivity contribution in [2.24, 2.45) is 5.41 Å². The van der Waals surface area contributed by atoms with Crippen molar-refractivity contribution < 1.29 is 4.79 Å². The van der Waals surface area contributed by atoms with E-state index in [-0.39, 0.29) is 17.1 Å². The highest BCUT2D eigenvalue weighted by Gasteiger charge is 2.39. The molecular formula is C19H19BrN4O. The summed E-state index contributed by atoms with van der Waals surface area (Å²) in [6.45, 7) is 4.27. The van der Waals surface area contributed by atoms with E-state index in [1.165, 1.54) is 0 Å². The molecule has 6 heteroatoms. The van der Waals surface area contributed by atoms with Crippen LogP contribution in [0.2, 0.25) is 0 Å². The van der Waals surface area contributed by atoms with Gasteiger partial charge in [-0.15, -0.1) is 0 Å². The Labute approximate surface area is 154 Å². The molecule has 0 fully saturated rings. The van der Waals surface area contributed by atoms with Crippen LogP contribution in [0.1, 0.15) is 43.9 Å². The third kappa shape index (κ3) is 3.06. The normalized spacial score (nSPS) is 21.9. The van der Waals surface area contributed by atoms with E-state index < -0.39 is 0 Å². The molecule has 2 aromatic rings. The molecule has 0 aromatic carbocycles. The Kier molecular flexibility index (Phi) is 3.87. The average Bonchev–Trinajstić information content (AvgIpc) is 3.00. The van der Waals surface area contributed by atoms with E-state index >= 15 is 0 Å². The number of hydrogen-bond acceptors (Lipinski definition) is 4. The topological polar surface area (TPSA) is 70.7 Å². The first kappa shape index (κ1) is 16.3. The molecular weight excluding hydrogens is 380 g/mol. The number of allylic oxidation sites excluding steroid dienone is 3. The third-order valence-corrected chi connectivity index (χ3v) is 5.19. The Balaban J connectivity index is 1.75. The van der Waals surface area contributed by atoms with Gasteiger partial charge in [0, 0.05) is 39.8 Å². The maximum atomic E-state index is 12.9. The van der Waals surface area contributed by atoms with Gasteiger partial charge < -0.3 is 5.32 Å². The van der Waals surface area contributed by atoms with Crippen LogP contribution >= 0.6 is 15.9 Å². The van der Waals surface area contributed by atoms with Crippen molar-refractivity contribution in [3.63, 3.8) is 0 Å². The Morgan fingerprint density at radius 3 is 2.88 bits per heavy atom. The molecule has 4 rings (SSSR count). The van der Waals surface area contributed by atoms with Crippen LogP contribution in [0.3, 0.4) is 0 Å². The number of pyridine rings is 1. The van der Waals surface area contributed by atoms with Crippen LogP contribution < -0.4 is 5.32 Å². The third-order valence-electron chi connectivity index (χ3n) is 4.72. The number of fused-ring (bicyclic) bond motifs is 1. The molecule has 0 radical (unpaired) electrons. The van der Waals surface area contributed by atoms with Crippen LogP contribution in [-0.4, -0.2) is 21.0 Å². The molecule has 5 nitrogen and oxygen atoms in total. The minimum Gasteiger partial charge on any atom is -0.343 e. The number of carbonyl (C=O) groups excluding carboxylic acids is 1. The van der Waals surface area contributed by atoms with Gasteiger partial charge in [0.1, 0.15) is 5.82 Å². The van der Waals surface area contributed by atoms with Gasteiger partial charge in [-0.3, -0.25) is 14.9 Å². The van der Waals surface area contributed by atoms with Gasteiger partial charge in [-0.2, -0.15) is 5.10 Å². The fraction of sp³-hybridized carbons (Fsp3) is 0.316. The molecule has 3 heterocycles. The number of halogens is 1. The van der Waals surface area contributed by atoms with Crippen molar-refractivity contribution in [3.05, 3.63) is 57.6 Å². The summed E-state index contributed by atoms with van der Waals surface area (Å²) in [7, 11) is 0. The van der Waals surface area contributed by atoms with Gasteiger partial charge in [0.25, 0.3) is 0 Å². The van der Waals surface area contributed by atoms with Crippen molar-refractivity contribution in [2.45, 2.75) is 32.6 Å². The van der Waals surface area contributed by atoms with Crippen LogP contribution in [0.15, 0.2) is 46.3 Å². The first-order valence-electron chi connectivity index (χ1n) is 8.29. The predicted molar refractivity (Wildman–Crippen MR) is 101 cm³/mol. The predicted octanol–water partition coefficient (Wildman–Crippen LogP) is 4.43. The van der Waals surface area contributed by atoms with Crippen LogP contribution in [0.5, 0.6) is 0 Å². The lowest BCUT2D eigenvalue weighted by Gasteiger charge is -2.37. The molecule has 0 saturated carbocycles. The molecule has 0 saturated heterocycles. The quantitative estimate of drug-likeness (QED) is 0.784. The lowest BCUT2D eigenvalue weighted by Crippen LogP contribution is -2.32. The summed E-state index contributed by atoms with van der Waals surface area (Å²) in [5.74, 6) is 0.991. The molecule has 2 aliphatic rings. The summed E-state index contributed by atoms with van der Waals surface area (Å²) in [5.41, 5.74) is 3.71. The molecule has 1 aliphatic heterocycles. The summed E-state index contributed by atoms with van der Waals surface area (Å²) >= 11 is 3.39. The lowest BCUT2D eigenvalue weighted by molar-refractivity contribution is -0.118. The number of anilines is 1. The molecule has 1 aliphatic carbocycles. The first-order valence-corrected chi connectivity index (χ1v) is 9.08. The van der Waals surface area contributed by atoms with E-state index in [1.807, 2.05) is 18.2 Å². The van der Waals surface area contributed by atoms with E-state index in [0.717, 1.165) is 39.2 Å². The monoisotopic (exact) mass is 398 g/mol. The maximum absolute atomic E-state index is 12.9. The van der Waals surface area contributed by atoms with Crippen molar-refractivity contribution in [3.8, 4) is 0 Å². The van der Waals surface area contributed by atoms with E-state index in [0.29, 0.717) is 6.42 Å². The number of hydrogen-bond donors (Lipinski definition) is 2. The van der Waals surface area contributed by atoms with Gasteiger partial charge >= 0.3 is 0 Å². The van der Waals surface area contributed by atoms with Gasteiger partial charge in [0.05, 0.1) is 11.9 Å². The van der Waals surface area contributed by atoms with Gasteiger partial charge in [-0.1, -0.05) is 19.9 Å². The van der Waals surface area contributed by atoms with Gasteiger partial charge in [0.2, 0.25) is 0 Å². The summed E-state index contributed by atoms with van der Waals surface area (Å²) in [6, 6.07) is 3.90. The fourth-order valence-electron chi connectivity index (χ4n) is 3.63. The highest BCUT2D eigenvalue weighted by molar-refractivity contribution is 9.10. The van der Waals surface area contributed by atoms with E-state index in [2.05, 4.69) is 56.4 Å². The number of H-pyrrole nitrogens is 1. The molecule has 2 aromatic heterocycles. The number of aromatic nitrogens is 3. The summed E-state index contributed by atoms with van der Waals surface area (Å²) < 4.78 is 0.943. The van der Waals surface area contributed by atoms with E-state index in [4.69, 9.17) is 0 Å². The zero-order valence-corrected chi connectivity index (χ0v) is 15.7. The number of aromatic amines is 1. The van der Waals surface area contributed by atoms with E-state index in [9.17, 15) is 4.79 Å². The van der Waals surface area contributed by atoms with Gasteiger partial charge in [-0.25, -0.2) is 0 Å². The second-order valence-corrected chi connectivity index (χ2v) is 8.31. The maximum Gasteiger partial charge on any atom is 0.162 e. The Bertz CT molecular complexity index is 892. The SMILES string of the molecule is CC1(C)CC(=O)C2=C(C1)Nc1[nH]ncc1C2/C=C/c1ccc(Br)cn1. The number of Topliss-reactive ketones (excluding diaryl/α,β-unsaturated/α-hetero) is 1. The van der Waals surface area contributed by atoms with Crippen molar-refractivity contribution >= 4 is 33.6 Å². The molecule has 0 spiro atoms. The molecule has 25 heavy (non-hydrogen) atoms. The first-order chi connectivity index (χ1) is 11.9. The summed E-state index contributed by atoms with van der Waals surface area (Å²) in [5, 5.41) is 10.6. The highest BCUT2D eigenvalue weighted by Crippen LogP contribution is 2.46. The van der Waals surface area contributed by atoms with Crippen LogP contribution in [0, 0.1) is 5.41 Å². The Hall–Kier alpha value is -2.21. The smallest absolute Gasteiger partial charge is 0.162 e. The van der Waals surface area contributed by atoms with Gasteiger partial charge in [0.15, 0.2) is 5.78 Å². The Morgan fingerprint density at radius 2 is 2.12 bits per heavy atom. The molecule has 2 N–H and O–H groups in total. The summed E-state index contributed by atoms with van der Waals surface area (Å²) in [4.78, 5) is 17.2. The number of carbonyl (C=O) groups is 1. The van der Waals surface area contributed by atoms with Crippen molar-refractivity contribution in [1.29, 1.82) is 0 Å².